The smallest absolute Gasteiger partial charge is 0.123 e. The van der Waals surface area contributed by atoms with Gasteiger partial charge in [0.15, 0.2) is 0 Å². The Kier molecular flexibility index (Phi) is 30.9. The third-order valence-electron chi connectivity index (χ3n) is 14.6. The average Bonchev–Trinajstić information content (AvgIpc) is 3.62. The molecule has 0 unspecified atom stereocenters. The van der Waals surface area contributed by atoms with E-state index < -0.39 is 0 Å². The summed E-state index contributed by atoms with van der Waals surface area (Å²) in [5, 5.41) is 0. The molecule has 0 fully saturated rings. The summed E-state index contributed by atoms with van der Waals surface area (Å²) in [6.07, 6.45) is 10.2. The lowest BCUT2D eigenvalue weighted by atomic mass is 9.94. The van der Waals surface area contributed by atoms with Crippen LogP contribution in [0.25, 0.3) is 0 Å². The zero-order valence-electron chi connectivity index (χ0n) is 51.7. The first-order valence-corrected chi connectivity index (χ1v) is 31.7. The van der Waals surface area contributed by atoms with Crippen molar-refractivity contribution in [2.45, 2.75) is 96.3 Å². The molecule has 15 rings (SSSR count). The molecule has 0 heterocycles. The van der Waals surface area contributed by atoms with Gasteiger partial charge in [0.05, 0.1) is 132 Å². The first-order chi connectivity index (χ1) is 41.7. The zero-order chi connectivity index (χ0) is 60.4. The molecule has 30 N–H and O–H groups in total. The van der Waals surface area contributed by atoms with Crippen LogP contribution in [0, 0.1) is 0 Å². The maximum Gasteiger partial charge on any atom is 0.123 e. The van der Waals surface area contributed by atoms with Gasteiger partial charge in [-0.1, -0.05) is 0 Å². The molecule has 5 aromatic carbocycles. The number of hydrogen-bond donors (Lipinski definition) is 10. The van der Waals surface area contributed by atoms with Crippen LogP contribution in [0.1, 0.15) is 120 Å². The second-order valence-electron chi connectivity index (χ2n) is 21.8. The molecule has 0 amide bonds. The first-order valence-electron chi connectivity index (χ1n) is 31.7. The molecule has 5 aromatic rings. The van der Waals surface area contributed by atoms with Gasteiger partial charge in [-0.3, -0.25) is 0 Å². The highest BCUT2D eigenvalue weighted by molar-refractivity contribution is 5.60. The number of ether oxygens (including phenoxy) is 10. The summed E-state index contributed by atoms with van der Waals surface area (Å²) < 4.78 is 68.2. The van der Waals surface area contributed by atoms with Gasteiger partial charge in [0.2, 0.25) is 0 Å². The number of hydrogen-bond acceptors (Lipinski definition) is 10. The van der Waals surface area contributed by atoms with Gasteiger partial charge in [-0.2, -0.15) is 0 Å². The second-order valence-corrected chi connectivity index (χ2v) is 21.8. The molecule has 0 aliphatic heterocycles. The van der Waals surface area contributed by atoms with Crippen molar-refractivity contribution in [2.24, 2.45) is 0 Å². The minimum Gasteiger partial charge on any atom is -0.493 e. The van der Waals surface area contributed by atoms with Gasteiger partial charge in [0.1, 0.15) is 57.5 Å². The predicted molar refractivity (Wildman–Crippen MR) is 325 cm³/mol. The molecule has 0 spiro atoms. The van der Waals surface area contributed by atoms with E-state index in [0.717, 1.165) is 243 Å². The van der Waals surface area contributed by atoms with Gasteiger partial charge in [-0.25, -0.2) is 0 Å². The van der Waals surface area contributed by atoms with Crippen LogP contribution < -0.4 is 105 Å². The van der Waals surface area contributed by atoms with Crippen molar-refractivity contribution >= 4 is 0 Å². The molecule has 0 radical (unpaired) electrons. The molecule has 10 aliphatic carbocycles. The minimum absolute atomic E-state index is 0.468. The van der Waals surface area contributed by atoms with E-state index in [1.165, 1.54) is 0 Å². The number of quaternary nitrogens is 10. The summed E-state index contributed by atoms with van der Waals surface area (Å²) in [5.41, 5.74) is 51.0. The van der Waals surface area contributed by atoms with Crippen LogP contribution in [-0.4, -0.2) is 132 Å². The monoisotopic (exact) mass is 1190 g/mol. The number of benzene rings is 5. The van der Waals surface area contributed by atoms with Gasteiger partial charge in [0, 0.05) is 152 Å². The molecule has 0 saturated heterocycles. The summed E-state index contributed by atoms with van der Waals surface area (Å²) in [4.78, 5) is 0. The van der Waals surface area contributed by atoms with E-state index in [1.807, 2.05) is 0 Å². The molecule has 10 bridgehead atoms. The molecule has 0 saturated carbocycles. The highest BCUT2D eigenvalue weighted by Gasteiger charge is 2.25. The highest BCUT2D eigenvalue weighted by Crippen LogP contribution is 2.43. The van der Waals surface area contributed by atoms with Crippen LogP contribution in [0.2, 0.25) is 0 Å². The highest BCUT2D eigenvalue weighted by atomic mass is 16.5. The van der Waals surface area contributed by atoms with Gasteiger partial charge < -0.3 is 105 Å². The average molecular weight is 1190 g/mol. The van der Waals surface area contributed by atoms with Crippen molar-refractivity contribution in [1.82, 2.24) is 0 Å². The van der Waals surface area contributed by atoms with Gasteiger partial charge in [-0.15, -0.1) is 0 Å². The largest absolute Gasteiger partial charge is 0.493 e. The topological polar surface area (TPSA) is 369 Å². The lowest BCUT2D eigenvalue weighted by Crippen LogP contribution is -2.50. The Bertz CT molecular complexity index is 2150. The van der Waals surface area contributed by atoms with Crippen molar-refractivity contribution in [3.05, 3.63) is 116 Å². The normalized spacial score (nSPS) is 12.1. The van der Waals surface area contributed by atoms with Crippen LogP contribution in [0.4, 0.5) is 0 Å². The number of rotatable bonds is 40. The molecule has 0 atom stereocenters. The maximum atomic E-state index is 6.82. The van der Waals surface area contributed by atoms with E-state index >= 15 is 0 Å². The van der Waals surface area contributed by atoms with Crippen LogP contribution >= 0.6 is 0 Å². The second kappa shape index (κ2) is 38.7. The van der Waals surface area contributed by atoms with Gasteiger partial charge >= 0.3 is 0 Å². The van der Waals surface area contributed by atoms with Crippen LogP contribution in [-0.2, 0) is 32.1 Å². The Balaban J connectivity index is 1.75. The lowest BCUT2D eigenvalue weighted by molar-refractivity contribution is -0.369. The van der Waals surface area contributed by atoms with Crippen molar-refractivity contribution in [1.29, 1.82) is 0 Å². The zero-order valence-corrected chi connectivity index (χ0v) is 51.7. The first kappa shape index (κ1) is 67.8. The van der Waals surface area contributed by atoms with Crippen molar-refractivity contribution in [3.63, 3.8) is 0 Å². The van der Waals surface area contributed by atoms with E-state index in [9.17, 15) is 0 Å². The fourth-order valence-corrected chi connectivity index (χ4v) is 9.81. The Labute approximate surface area is 504 Å². The molecular weight excluding hydrogens is 1080 g/mol. The molecule has 470 valence electrons. The third-order valence-corrected chi connectivity index (χ3v) is 14.6. The summed E-state index contributed by atoms with van der Waals surface area (Å²) in [7, 11) is 0. The van der Waals surface area contributed by atoms with Crippen molar-refractivity contribution in [3.8, 4) is 57.5 Å². The molecule has 85 heavy (non-hydrogen) atoms. The van der Waals surface area contributed by atoms with E-state index in [-0.39, 0.29) is 0 Å². The molecule has 20 heteroatoms. The fraction of sp³-hybridized carbons (Fsp3) is 0.538. The molecule has 10 aliphatic rings. The van der Waals surface area contributed by atoms with Crippen molar-refractivity contribution < 1.29 is 105 Å². The van der Waals surface area contributed by atoms with Gasteiger partial charge in [0.25, 0.3) is 0 Å². The minimum atomic E-state index is 0.468. The van der Waals surface area contributed by atoms with Crippen molar-refractivity contribution in [2.75, 3.05) is 132 Å². The van der Waals surface area contributed by atoms with E-state index in [2.05, 4.69) is 118 Å². The SMILES string of the molecule is [NH3+]CCCOc1cc2c(OCCC[NH3+])cc1Cc1cc(OCCC[NH3+])c(cc1OCCC[NH3+])Cc1cc(OCCC[NH3+])c(cc1OCCC[NH3+])Cc1cc(OCCC[NH3+])c(cc1OCCC[NH3+])Cc1cc(OCCC[NH3+])c(cc1OCCC[NH3+])C2. The summed E-state index contributed by atoms with van der Waals surface area (Å²) >= 11 is 0. The Morgan fingerprint density at radius 2 is 0.271 bits per heavy atom. The molecule has 0 aromatic heterocycles. The van der Waals surface area contributed by atoms with E-state index in [0.29, 0.717) is 98.2 Å². The Morgan fingerprint density at radius 3 is 0.353 bits per heavy atom. The summed E-state index contributed by atoms with van der Waals surface area (Å²) in [5.74, 6) is 7.57. The molecule has 20 nitrogen and oxygen atoms in total. The molecular formula is C65H110N10O10+10. The third kappa shape index (κ3) is 21.6. The maximum absolute atomic E-state index is 6.82. The lowest BCUT2D eigenvalue weighted by Gasteiger charge is -2.22. The Hall–Kier alpha value is -6.30. The van der Waals surface area contributed by atoms with Crippen LogP contribution in [0.15, 0.2) is 60.7 Å². The summed E-state index contributed by atoms with van der Waals surface area (Å²) in [6.45, 7) is 12.3. The summed E-state index contributed by atoms with van der Waals surface area (Å²) in [6, 6.07) is 21.6. The van der Waals surface area contributed by atoms with Gasteiger partial charge in [-0.05, 0) is 60.7 Å². The van der Waals surface area contributed by atoms with E-state index in [4.69, 9.17) is 47.4 Å². The van der Waals surface area contributed by atoms with Crippen LogP contribution in [0.5, 0.6) is 57.5 Å². The standard InChI is InChI=1S/C65H100N10O10/c66-11-1-21-76-56-36-47-32-49-39-61(81-26-6-16-71)51(41-60(49)80-25-5-15-70)34-53-43-65(85-30-10-20-75)55(45-64(53)84-29-9-19-74)35-54-44-62(82-27-7-17-72)52(42-63(54)83-28-8-18-73)33-50-40-58(78-23-3-13-68)48(38-59(50)79-24-4-14-69)31-46(56)37-57(47)77-22-2-12-67/h36-45H,1-35,66-75H2/p+10. The van der Waals surface area contributed by atoms with E-state index in [1.54, 1.807) is 0 Å². The quantitative estimate of drug-likeness (QED) is 0.0190. The van der Waals surface area contributed by atoms with Crippen LogP contribution in [0.3, 0.4) is 0 Å². The fourth-order valence-electron chi connectivity index (χ4n) is 9.81. The Morgan fingerprint density at radius 1 is 0.176 bits per heavy atom. The predicted octanol–water partition coefficient (Wildman–Crippen LogP) is -1.94.